The number of hydrogen-bond donors (Lipinski definition) is 3. The Morgan fingerprint density at radius 2 is 2.05 bits per heavy atom. The number of carboxylic acids is 1. The van der Waals surface area contributed by atoms with Gasteiger partial charge in [-0.15, -0.1) is 11.3 Å². The van der Waals surface area contributed by atoms with E-state index in [0.29, 0.717) is 5.56 Å². The molecular weight excluding hydrogens is 298 g/mol. The normalized spacial score (nSPS) is 10.9. The molecule has 0 aromatic carbocycles. The number of aromatic nitrogens is 2. The first-order chi connectivity index (χ1) is 9.82. The summed E-state index contributed by atoms with van der Waals surface area (Å²) >= 11 is 0.855. The topological polar surface area (TPSA) is 135 Å². The largest absolute Gasteiger partial charge is 0.477 e. The van der Waals surface area contributed by atoms with Gasteiger partial charge in [0.25, 0.3) is 5.56 Å². The number of thiophene rings is 1. The molecule has 0 aliphatic carbocycles. The van der Waals surface area contributed by atoms with Crippen LogP contribution in [0.3, 0.4) is 0 Å². The molecule has 0 fully saturated rings. The third-order valence-corrected chi connectivity index (χ3v) is 4.27. The first kappa shape index (κ1) is 15.0. The van der Waals surface area contributed by atoms with E-state index in [4.69, 9.17) is 10.8 Å². The van der Waals surface area contributed by atoms with E-state index in [1.54, 1.807) is 0 Å². The number of fused-ring (bicyclic) bond motifs is 1. The van der Waals surface area contributed by atoms with Gasteiger partial charge in [-0.05, 0) is 18.9 Å². The maximum atomic E-state index is 12.3. The number of hydrogen-bond acceptors (Lipinski definition) is 5. The average molecular weight is 311 g/mol. The minimum Gasteiger partial charge on any atom is -0.477 e. The minimum absolute atomic E-state index is 0.0210. The Labute approximate surface area is 121 Å². The number of carbonyl (C=O) groups is 2. The van der Waals surface area contributed by atoms with Crippen LogP contribution in [-0.4, -0.2) is 26.5 Å². The number of nitrogens with one attached hydrogen (secondary N) is 1. The van der Waals surface area contributed by atoms with Crippen molar-refractivity contribution in [2.24, 2.45) is 5.73 Å². The molecule has 2 aromatic rings. The zero-order chi connectivity index (χ0) is 15.7. The fraction of sp³-hybridized carbons (Fsp3) is 0.333. The van der Waals surface area contributed by atoms with Crippen LogP contribution in [0, 0.1) is 6.92 Å². The molecule has 2 heterocycles. The summed E-state index contributed by atoms with van der Waals surface area (Å²) in [5.41, 5.74) is 4.15. The third kappa shape index (κ3) is 2.72. The molecule has 0 unspecified atom stereocenters. The molecule has 0 radical (unpaired) electrons. The summed E-state index contributed by atoms with van der Waals surface area (Å²) in [5, 5.41) is 9.25. The van der Waals surface area contributed by atoms with E-state index in [1.807, 2.05) is 0 Å². The van der Waals surface area contributed by atoms with Gasteiger partial charge in [0, 0.05) is 13.0 Å². The van der Waals surface area contributed by atoms with Crippen molar-refractivity contribution in [3.05, 3.63) is 31.3 Å². The quantitative estimate of drug-likeness (QED) is 0.715. The molecule has 21 heavy (non-hydrogen) atoms. The van der Waals surface area contributed by atoms with E-state index in [1.165, 1.54) is 6.92 Å². The number of aryl methyl sites for hydroxylation is 1. The first-order valence-corrected chi connectivity index (χ1v) is 6.92. The summed E-state index contributed by atoms with van der Waals surface area (Å²) in [6, 6.07) is 0. The zero-order valence-corrected chi connectivity index (χ0v) is 12.0. The summed E-state index contributed by atoms with van der Waals surface area (Å²) in [4.78, 5) is 48.7. The highest BCUT2D eigenvalue weighted by atomic mass is 32.1. The number of amides is 1. The van der Waals surface area contributed by atoms with Gasteiger partial charge >= 0.3 is 11.7 Å². The molecule has 2 aromatic heterocycles. The molecule has 1 amide bonds. The van der Waals surface area contributed by atoms with E-state index < -0.39 is 23.1 Å². The monoisotopic (exact) mass is 311 g/mol. The number of carbonyl (C=O) groups excluding carboxylic acids is 1. The summed E-state index contributed by atoms with van der Waals surface area (Å²) in [7, 11) is 0. The first-order valence-electron chi connectivity index (χ1n) is 6.10. The third-order valence-electron chi connectivity index (χ3n) is 3.07. The van der Waals surface area contributed by atoms with Gasteiger partial charge in [0.2, 0.25) is 5.91 Å². The van der Waals surface area contributed by atoms with E-state index in [0.717, 1.165) is 15.9 Å². The van der Waals surface area contributed by atoms with Gasteiger partial charge in [-0.1, -0.05) is 0 Å². The molecule has 4 N–H and O–H groups in total. The lowest BCUT2D eigenvalue weighted by Gasteiger charge is -2.03. The van der Waals surface area contributed by atoms with E-state index in [9.17, 15) is 19.2 Å². The van der Waals surface area contributed by atoms with E-state index in [-0.39, 0.29) is 34.5 Å². The smallest absolute Gasteiger partial charge is 0.346 e. The molecule has 8 nitrogen and oxygen atoms in total. The Morgan fingerprint density at radius 3 is 2.62 bits per heavy atom. The molecule has 0 bridgehead atoms. The van der Waals surface area contributed by atoms with Crippen molar-refractivity contribution in [2.45, 2.75) is 26.3 Å². The highest BCUT2D eigenvalue weighted by molar-refractivity contribution is 7.20. The molecule has 0 saturated heterocycles. The maximum absolute atomic E-state index is 12.3. The van der Waals surface area contributed by atoms with Crippen molar-refractivity contribution >= 4 is 33.4 Å². The van der Waals surface area contributed by atoms with E-state index in [2.05, 4.69) is 4.98 Å². The van der Waals surface area contributed by atoms with Gasteiger partial charge in [-0.25, -0.2) is 9.59 Å². The lowest BCUT2D eigenvalue weighted by molar-refractivity contribution is -0.118. The molecule has 112 valence electrons. The van der Waals surface area contributed by atoms with Gasteiger partial charge in [-0.3, -0.25) is 19.1 Å². The van der Waals surface area contributed by atoms with Crippen molar-refractivity contribution < 1.29 is 14.7 Å². The fourth-order valence-electron chi connectivity index (χ4n) is 2.07. The lowest BCUT2D eigenvalue weighted by atomic mass is 10.2. The second-order valence-electron chi connectivity index (χ2n) is 4.52. The van der Waals surface area contributed by atoms with Crippen molar-refractivity contribution in [3.63, 3.8) is 0 Å². The van der Waals surface area contributed by atoms with Gasteiger partial charge in [-0.2, -0.15) is 0 Å². The zero-order valence-electron chi connectivity index (χ0n) is 11.1. The summed E-state index contributed by atoms with van der Waals surface area (Å²) < 4.78 is 0.955. The number of nitrogens with two attached hydrogens (primary N) is 1. The highest BCUT2D eigenvalue weighted by Gasteiger charge is 2.19. The Bertz CT molecular complexity index is 845. The summed E-state index contributed by atoms with van der Waals surface area (Å²) in [6.07, 6.45) is 0.325. The molecule has 0 aliphatic rings. The minimum atomic E-state index is -1.14. The lowest BCUT2D eigenvalue weighted by Crippen LogP contribution is -2.35. The van der Waals surface area contributed by atoms with Gasteiger partial charge < -0.3 is 10.8 Å². The Balaban J connectivity index is 2.56. The van der Waals surface area contributed by atoms with Crippen LogP contribution < -0.4 is 17.0 Å². The number of aromatic amines is 1. The molecule has 0 atom stereocenters. The molecule has 9 heteroatoms. The van der Waals surface area contributed by atoms with Crippen molar-refractivity contribution in [1.29, 1.82) is 0 Å². The van der Waals surface area contributed by atoms with Gasteiger partial charge in [0.15, 0.2) is 0 Å². The number of H-pyrrole nitrogens is 1. The summed E-state index contributed by atoms with van der Waals surface area (Å²) in [6.45, 7) is 1.57. The molecular formula is C12H13N3O5S. The predicted octanol–water partition coefficient (Wildman–Crippen LogP) is 0.0234. The van der Waals surface area contributed by atoms with Crippen LogP contribution in [-0.2, 0) is 11.3 Å². The van der Waals surface area contributed by atoms with Gasteiger partial charge in [0.05, 0.1) is 5.39 Å². The van der Waals surface area contributed by atoms with Gasteiger partial charge in [0.1, 0.15) is 9.71 Å². The Morgan fingerprint density at radius 1 is 1.38 bits per heavy atom. The average Bonchev–Trinajstić information content (AvgIpc) is 2.70. The van der Waals surface area contributed by atoms with Crippen molar-refractivity contribution in [1.82, 2.24) is 9.55 Å². The van der Waals surface area contributed by atoms with Crippen LogP contribution >= 0.6 is 11.3 Å². The SMILES string of the molecule is Cc1c(C(=O)O)sc2[nH]c(=O)n(CCCC(N)=O)c(=O)c12. The number of primary amides is 1. The van der Waals surface area contributed by atoms with Crippen LogP contribution in [0.2, 0.25) is 0 Å². The van der Waals surface area contributed by atoms with Crippen LogP contribution in [0.1, 0.15) is 28.1 Å². The van der Waals surface area contributed by atoms with Crippen LogP contribution in [0.15, 0.2) is 9.59 Å². The number of aromatic carboxylic acids is 1. The molecule has 0 aliphatic heterocycles. The van der Waals surface area contributed by atoms with E-state index >= 15 is 0 Å². The Hall–Kier alpha value is -2.42. The predicted molar refractivity (Wildman–Crippen MR) is 76.8 cm³/mol. The number of carboxylic acid groups (broad SMARTS) is 1. The number of nitrogens with zero attached hydrogens (tertiary/aromatic N) is 1. The van der Waals surface area contributed by atoms with Crippen LogP contribution in [0.5, 0.6) is 0 Å². The fourth-order valence-corrected chi connectivity index (χ4v) is 3.10. The van der Waals surface area contributed by atoms with Crippen molar-refractivity contribution in [3.8, 4) is 0 Å². The molecule has 2 rings (SSSR count). The Kier molecular flexibility index (Phi) is 3.94. The van der Waals surface area contributed by atoms with Crippen LogP contribution in [0.4, 0.5) is 0 Å². The second kappa shape index (κ2) is 5.52. The van der Waals surface area contributed by atoms with Crippen molar-refractivity contribution in [2.75, 3.05) is 0 Å². The molecule has 0 spiro atoms. The highest BCUT2D eigenvalue weighted by Crippen LogP contribution is 2.25. The molecule has 0 saturated carbocycles. The number of rotatable bonds is 5. The summed E-state index contributed by atoms with van der Waals surface area (Å²) in [5.74, 6) is -1.66. The second-order valence-corrected chi connectivity index (χ2v) is 5.54. The van der Waals surface area contributed by atoms with Crippen LogP contribution in [0.25, 0.3) is 10.2 Å². The maximum Gasteiger partial charge on any atom is 0.346 e. The standard InChI is InChI=1S/C12H13N3O5S/c1-5-7-9(21-8(5)11(18)19)14-12(20)15(10(7)17)4-2-3-6(13)16/h2-4H2,1H3,(H2,13,16)(H,14,20)(H,18,19).